The topological polar surface area (TPSA) is 47.9 Å². The van der Waals surface area contributed by atoms with Crippen LogP contribution in [0.1, 0.15) is 29.5 Å². The van der Waals surface area contributed by atoms with Gasteiger partial charge in [-0.1, -0.05) is 72.0 Å². The molecule has 0 saturated heterocycles. The third kappa shape index (κ3) is 5.13. The van der Waals surface area contributed by atoms with Crippen molar-refractivity contribution in [2.45, 2.75) is 33.1 Å². The Morgan fingerprint density at radius 3 is 2.53 bits per heavy atom. The van der Waals surface area contributed by atoms with E-state index >= 15 is 0 Å². The van der Waals surface area contributed by atoms with E-state index in [-0.39, 0.29) is 5.41 Å². The highest BCUT2D eigenvalue weighted by molar-refractivity contribution is 7.78. The van der Waals surface area contributed by atoms with E-state index in [1.165, 1.54) is 28.5 Å². The zero-order valence-electron chi connectivity index (χ0n) is 17.8. The van der Waals surface area contributed by atoms with Crippen molar-refractivity contribution in [2.24, 2.45) is 5.41 Å². The molecular formula is C26H31N3S. The summed E-state index contributed by atoms with van der Waals surface area (Å²) in [6.45, 7) is 9.20. The maximum Gasteiger partial charge on any atom is 0.0432 e. The van der Waals surface area contributed by atoms with Crippen LogP contribution in [0.2, 0.25) is 0 Å². The van der Waals surface area contributed by atoms with Crippen molar-refractivity contribution in [1.82, 2.24) is 4.72 Å². The van der Waals surface area contributed by atoms with Crippen LogP contribution in [0, 0.1) is 24.7 Å². The van der Waals surface area contributed by atoms with Crippen LogP contribution in [0.25, 0.3) is 0 Å². The van der Waals surface area contributed by atoms with E-state index in [0.29, 0.717) is 0 Å². The fraction of sp³-hybridized carbons (Fsp3) is 0.269. The van der Waals surface area contributed by atoms with Crippen molar-refractivity contribution in [3.63, 3.8) is 0 Å². The van der Waals surface area contributed by atoms with Gasteiger partial charge in [-0.2, -0.15) is 0 Å². The molecule has 0 aromatic heterocycles. The van der Waals surface area contributed by atoms with Crippen LogP contribution < -0.4 is 10.0 Å². The highest BCUT2D eigenvalue weighted by Gasteiger charge is 2.35. The maximum absolute atomic E-state index is 8.09. The molecule has 1 unspecified atom stereocenters. The Balaban J connectivity index is 1.99. The summed E-state index contributed by atoms with van der Waals surface area (Å²) in [5.74, 6) is 0. The molecule has 0 amide bonds. The highest BCUT2D eigenvalue weighted by Crippen LogP contribution is 2.45. The molecule has 1 aliphatic rings. The Bertz CT molecular complexity index is 972. The van der Waals surface area contributed by atoms with Gasteiger partial charge in [0.25, 0.3) is 0 Å². The molecule has 3 nitrogen and oxygen atoms in total. The lowest BCUT2D eigenvalue weighted by Crippen LogP contribution is -2.30. The normalized spacial score (nSPS) is 18.7. The lowest BCUT2D eigenvalue weighted by Gasteiger charge is -2.38. The average molecular weight is 418 g/mol. The fourth-order valence-corrected chi connectivity index (χ4v) is 4.26. The molecule has 0 heterocycles. The van der Waals surface area contributed by atoms with Gasteiger partial charge < -0.3 is 10.7 Å². The number of rotatable bonds is 9. The molecule has 3 N–H and O–H groups in total. The van der Waals surface area contributed by atoms with Crippen LogP contribution in [-0.4, -0.2) is 12.8 Å². The van der Waals surface area contributed by atoms with Crippen LogP contribution in [-0.2, 0) is 6.42 Å². The molecule has 3 rings (SSSR count). The number of hydrogen-bond acceptors (Lipinski definition) is 4. The number of anilines is 1. The van der Waals surface area contributed by atoms with Gasteiger partial charge >= 0.3 is 0 Å². The van der Waals surface area contributed by atoms with E-state index in [9.17, 15) is 0 Å². The molecule has 30 heavy (non-hydrogen) atoms. The Hall–Kier alpha value is -2.56. The minimum atomic E-state index is -0.218. The van der Waals surface area contributed by atoms with E-state index in [2.05, 4.69) is 104 Å². The molecule has 0 radical (unpaired) electrons. The van der Waals surface area contributed by atoms with Crippen molar-refractivity contribution >= 4 is 24.7 Å². The van der Waals surface area contributed by atoms with Gasteiger partial charge in [0.15, 0.2) is 0 Å². The van der Waals surface area contributed by atoms with Gasteiger partial charge in [0, 0.05) is 29.6 Å². The van der Waals surface area contributed by atoms with Crippen molar-refractivity contribution in [3.05, 3.63) is 101 Å². The zero-order chi connectivity index (χ0) is 21.6. The predicted octanol–water partition coefficient (Wildman–Crippen LogP) is 6.19. The summed E-state index contributed by atoms with van der Waals surface area (Å²) in [5, 5.41) is 11.6. The standard InChI is InChI=1S/C26H31N3S/c1-4-26(16-21-7-5-6-20(3)14-21)17-22(18-27)25(15-23(26)12-13-28-30)29-24-10-8-19(2)9-11-24/h4-11,14-15,18,27-30H,1,12-13,16-17H2,2-3H3. The monoisotopic (exact) mass is 417 g/mol. The maximum atomic E-state index is 8.09. The first kappa shape index (κ1) is 22.1. The van der Waals surface area contributed by atoms with Crippen LogP contribution in [0.15, 0.2) is 84.1 Å². The lowest BCUT2D eigenvalue weighted by molar-refractivity contribution is 0.434. The van der Waals surface area contributed by atoms with Crippen molar-refractivity contribution in [3.8, 4) is 0 Å². The first-order valence-corrected chi connectivity index (χ1v) is 10.8. The molecule has 0 bridgehead atoms. The van der Waals surface area contributed by atoms with Gasteiger partial charge in [-0.25, -0.2) is 0 Å². The van der Waals surface area contributed by atoms with E-state index in [4.69, 9.17) is 5.41 Å². The minimum absolute atomic E-state index is 0.218. The van der Waals surface area contributed by atoms with Crippen LogP contribution in [0.3, 0.4) is 0 Å². The van der Waals surface area contributed by atoms with Crippen LogP contribution in [0.5, 0.6) is 0 Å². The van der Waals surface area contributed by atoms with Gasteiger partial charge in [-0.3, -0.25) is 4.72 Å². The Morgan fingerprint density at radius 1 is 1.13 bits per heavy atom. The van der Waals surface area contributed by atoms with E-state index < -0.39 is 0 Å². The molecule has 156 valence electrons. The zero-order valence-corrected chi connectivity index (χ0v) is 18.7. The molecule has 1 aliphatic carbocycles. The van der Waals surface area contributed by atoms with Gasteiger partial charge in [0.2, 0.25) is 0 Å². The molecule has 0 spiro atoms. The molecule has 0 fully saturated rings. The van der Waals surface area contributed by atoms with E-state index in [0.717, 1.165) is 42.8 Å². The summed E-state index contributed by atoms with van der Waals surface area (Å²) in [5.41, 5.74) is 7.88. The average Bonchev–Trinajstić information content (AvgIpc) is 2.75. The van der Waals surface area contributed by atoms with Crippen LogP contribution in [0.4, 0.5) is 5.69 Å². The third-order valence-corrected chi connectivity index (χ3v) is 6.04. The molecule has 2 aromatic carbocycles. The summed E-state index contributed by atoms with van der Waals surface area (Å²) in [7, 11) is 0. The SMILES string of the molecule is C=CC1(Cc2cccc(C)c2)CC(C=N)=C(Nc2ccc(C)cc2)C=C1CCNS. The van der Waals surface area contributed by atoms with E-state index in [1.807, 2.05) is 0 Å². The minimum Gasteiger partial charge on any atom is -0.355 e. The molecule has 0 saturated carbocycles. The second kappa shape index (κ2) is 9.96. The van der Waals surface area contributed by atoms with Crippen molar-refractivity contribution < 1.29 is 0 Å². The largest absolute Gasteiger partial charge is 0.355 e. The Labute approximate surface area is 186 Å². The number of allylic oxidation sites excluding steroid dienone is 3. The molecule has 0 aliphatic heterocycles. The number of aryl methyl sites for hydroxylation is 2. The summed E-state index contributed by atoms with van der Waals surface area (Å²) in [6.07, 6.45) is 8.26. The van der Waals surface area contributed by atoms with Gasteiger partial charge in [0.1, 0.15) is 0 Å². The number of nitrogens with one attached hydrogen (secondary N) is 3. The number of thiol groups is 1. The van der Waals surface area contributed by atoms with E-state index in [1.54, 1.807) is 0 Å². The van der Waals surface area contributed by atoms with Gasteiger partial charge in [-0.05, 0) is 62.5 Å². The molecule has 2 aromatic rings. The summed E-state index contributed by atoms with van der Waals surface area (Å²) >= 11 is 4.20. The smallest absolute Gasteiger partial charge is 0.0432 e. The van der Waals surface area contributed by atoms with Crippen molar-refractivity contribution in [1.29, 1.82) is 5.41 Å². The lowest BCUT2D eigenvalue weighted by atomic mass is 9.67. The van der Waals surface area contributed by atoms with Crippen molar-refractivity contribution in [2.75, 3.05) is 11.9 Å². The first-order chi connectivity index (χ1) is 14.5. The highest BCUT2D eigenvalue weighted by atomic mass is 32.1. The quantitative estimate of drug-likeness (QED) is 0.223. The Morgan fingerprint density at radius 2 is 1.90 bits per heavy atom. The summed E-state index contributed by atoms with van der Waals surface area (Å²) in [6, 6.07) is 17.0. The summed E-state index contributed by atoms with van der Waals surface area (Å²) < 4.78 is 2.98. The molecule has 4 heteroatoms. The number of benzene rings is 2. The Kier molecular flexibility index (Phi) is 7.35. The second-order valence-electron chi connectivity index (χ2n) is 8.10. The van der Waals surface area contributed by atoms with Gasteiger partial charge in [-0.15, -0.1) is 6.58 Å². The molecule has 1 atom stereocenters. The third-order valence-electron chi connectivity index (χ3n) is 5.81. The summed E-state index contributed by atoms with van der Waals surface area (Å²) in [4.78, 5) is 0. The van der Waals surface area contributed by atoms with Gasteiger partial charge in [0.05, 0.1) is 0 Å². The van der Waals surface area contributed by atoms with Crippen LogP contribution >= 0.6 is 12.8 Å². The molecular weight excluding hydrogens is 386 g/mol. The first-order valence-electron chi connectivity index (χ1n) is 10.3. The fourth-order valence-electron chi connectivity index (χ4n) is 4.15. The number of hydrogen-bond donors (Lipinski definition) is 4. The predicted molar refractivity (Wildman–Crippen MR) is 132 cm³/mol. The second-order valence-corrected chi connectivity index (χ2v) is 8.42.